The van der Waals surface area contributed by atoms with Gasteiger partial charge in [0.05, 0.1) is 29.7 Å². The summed E-state index contributed by atoms with van der Waals surface area (Å²) < 4.78 is 7.68. The van der Waals surface area contributed by atoms with Gasteiger partial charge in [-0.1, -0.05) is 19.1 Å². The molecule has 4 nitrogen and oxygen atoms in total. The predicted molar refractivity (Wildman–Crippen MR) is 84.1 cm³/mol. The number of para-hydroxylation sites is 2. The van der Waals surface area contributed by atoms with Crippen molar-refractivity contribution in [2.75, 3.05) is 6.54 Å². The predicted octanol–water partition coefficient (Wildman–Crippen LogP) is 3.76. The van der Waals surface area contributed by atoms with Gasteiger partial charge < -0.3 is 14.3 Å². The Labute approximate surface area is 124 Å². The van der Waals surface area contributed by atoms with Gasteiger partial charge in [0.25, 0.3) is 0 Å². The van der Waals surface area contributed by atoms with Gasteiger partial charge in [-0.05, 0) is 43.7 Å². The van der Waals surface area contributed by atoms with E-state index < -0.39 is 0 Å². The van der Waals surface area contributed by atoms with Gasteiger partial charge in [-0.2, -0.15) is 0 Å². The molecule has 4 heteroatoms. The highest BCUT2D eigenvalue weighted by Gasteiger charge is 2.10. The Bertz CT molecular complexity index is 672. The maximum absolute atomic E-state index is 5.47. The molecular formula is C17H21N3O. The number of nitrogens with zero attached hydrogens (tertiary/aromatic N) is 2. The monoisotopic (exact) mass is 283 g/mol. The third-order valence-electron chi connectivity index (χ3n) is 3.79. The molecule has 0 fully saturated rings. The summed E-state index contributed by atoms with van der Waals surface area (Å²) in [7, 11) is 0. The second kappa shape index (κ2) is 6.59. The Balaban J connectivity index is 1.52. The Morgan fingerprint density at radius 2 is 2.14 bits per heavy atom. The van der Waals surface area contributed by atoms with Crippen molar-refractivity contribution in [2.24, 2.45) is 0 Å². The van der Waals surface area contributed by atoms with Crippen LogP contribution in [0.4, 0.5) is 0 Å². The molecule has 2 heterocycles. The first-order valence-corrected chi connectivity index (χ1v) is 7.55. The zero-order valence-corrected chi connectivity index (χ0v) is 12.3. The molecule has 0 spiro atoms. The topological polar surface area (TPSA) is 43.0 Å². The molecule has 1 aromatic carbocycles. The zero-order valence-electron chi connectivity index (χ0n) is 12.3. The average molecular weight is 283 g/mol. The first-order chi connectivity index (χ1) is 10.4. The number of aromatic nitrogens is 2. The summed E-state index contributed by atoms with van der Waals surface area (Å²) in [4.78, 5) is 4.42. The lowest BCUT2D eigenvalue weighted by Gasteiger charge is -2.14. The van der Waals surface area contributed by atoms with Crippen LogP contribution >= 0.6 is 0 Å². The van der Waals surface area contributed by atoms with Crippen molar-refractivity contribution in [3.05, 3.63) is 54.7 Å². The van der Waals surface area contributed by atoms with Crippen molar-refractivity contribution in [3.8, 4) is 0 Å². The Kier molecular flexibility index (Phi) is 4.36. The minimum Gasteiger partial charge on any atom is -0.468 e. The molecule has 0 radical (unpaired) electrons. The van der Waals surface area contributed by atoms with Gasteiger partial charge in [0, 0.05) is 6.54 Å². The van der Waals surface area contributed by atoms with Crippen LogP contribution in [-0.4, -0.2) is 16.1 Å². The number of hydrogen-bond donors (Lipinski definition) is 1. The summed E-state index contributed by atoms with van der Waals surface area (Å²) in [6.45, 7) is 4.11. The normalized spacial score (nSPS) is 12.8. The van der Waals surface area contributed by atoms with E-state index in [0.717, 1.165) is 37.2 Å². The van der Waals surface area contributed by atoms with Gasteiger partial charge in [0.2, 0.25) is 0 Å². The lowest BCUT2D eigenvalue weighted by atomic mass is 10.1. The number of furan rings is 1. The number of aryl methyl sites for hydroxylation is 1. The number of benzene rings is 1. The number of fused-ring (bicyclic) bond motifs is 1. The molecule has 0 bridgehead atoms. The van der Waals surface area contributed by atoms with Crippen LogP contribution in [0.5, 0.6) is 0 Å². The first-order valence-electron chi connectivity index (χ1n) is 7.55. The van der Waals surface area contributed by atoms with E-state index in [-0.39, 0.29) is 0 Å². The third kappa shape index (κ3) is 3.16. The molecular weight excluding hydrogens is 262 g/mol. The van der Waals surface area contributed by atoms with Gasteiger partial charge in [0.1, 0.15) is 5.76 Å². The minimum absolute atomic E-state index is 0.305. The standard InChI is InChI=1S/C17H21N3O/c1-2-14(17-9-5-12-21-17)18-10-6-11-20-13-19-15-7-3-4-8-16(15)20/h3-5,7-9,12-14,18H,2,6,10-11H2,1H3. The summed E-state index contributed by atoms with van der Waals surface area (Å²) in [5.74, 6) is 1.02. The van der Waals surface area contributed by atoms with E-state index in [1.165, 1.54) is 5.52 Å². The van der Waals surface area contributed by atoms with Crippen molar-refractivity contribution < 1.29 is 4.42 Å². The number of nitrogens with one attached hydrogen (secondary N) is 1. The molecule has 0 saturated heterocycles. The molecule has 0 saturated carbocycles. The zero-order chi connectivity index (χ0) is 14.5. The molecule has 0 aliphatic heterocycles. The molecule has 0 aliphatic carbocycles. The van der Waals surface area contributed by atoms with E-state index in [2.05, 4.69) is 33.9 Å². The van der Waals surface area contributed by atoms with E-state index in [0.29, 0.717) is 6.04 Å². The molecule has 3 aromatic rings. The molecule has 0 amide bonds. The molecule has 1 unspecified atom stereocenters. The smallest absolute Gasteiger partial charge is 0.120 e. The second-order valence-electron chi connectivity index (χ2n) is 5.21. The lowest BCUT2D eigenvalue weighted by molar-refractivity contribution is 0.399. The second-order valence-corrected chi connectivity index (χ2v) is 5.21. The highest BCUT2D eigenvalue weighted by Crippen LogP contribution is 2.17. The van der Waals surface area contributed by atoms with Gasteiger partial charge in [0.15, 0.2) is 0 Å². The Hall–Kier alpha value is -2.07. The minimum atomic E-state index is 0.305. The van der Waals surface area contributed by atoms with Crippen LogP contribution in [0.1, 0.15) is 31.6 Å². The van der Waals surface area contributed by atoms with Crippen LogP contribution in [0.15, 0.2) is 53.4 Å². The van der Waals surface area contributed by atoms with Crippen LogP contribution < -0.4 is 5.32 Å². The van der Waals surface area contributed by atoms with Crippen molar-refractivity contribution in [1.82, 2.24) is 14.9 Å². The van der Waals surface area contributed by atoms with Crippen molar-refractivity contribution >= 4 is 11.0 Å². The van der Waals surface area contributed by atoms with Gasteiger partial charge in [-0.25, -0.2) is 4.98 Å². The van der Waals surface area contributed by atoms with Crippen LogP contribution in [0.2, 0.25) is 0 Å². The fraction of sp³-hybridized carbons (Fsp3) is 0.353. The molecule has 0 aliphatic rings. The van der Waals surface area contributed by atoms with Crippen LogP contribution in [0, 0.1) is 0 Å². The molecule has 2 aromatic heterocycles. The first kappa shape index (κ1) is 13.9. The number of hydrogen-bond acceptors (Lipinski definition) is 3. The lowest BCUT2D eigenvalue weighted by Crippen LogP contribution is -2.22. The fourth-order valence-corrected chi connectivity index (χ4v) is 2.65. The maximum atomic E-state index is 5.47. The Morgan fingerprint density at radius 1 is 1.24 bits per heavy atom. The van der Waals surface area contributed by atoms with E-state index in [1.807, 2.05) is 30.6 Å². The summed E-state index contributed by atoms with van der Waals surface area (Å²) in [6, 6.07) is 12.5. The highest BCUT2D eigenvalue weighted by molar-refractivity contribution is 5.74. The largest absolute Gasteiger partial charge is 0.468 e. The van der Waals surface area contributed by atoms with E-state index in [4.69, 9.17) is 4.42 Å². The number of imidazole rings is 1. The summed E-state index contributed by atoms with van der Waals surface area (Å²) in [6.07, 6.45) is 5.75. The SMILES string of the molecule is CCC(NCCCn1cnc2ccccc21)c1ccco1. The van der Waals surface area contributed by atoms with Crippen LogP contribution in [-0.2, 0) is 6.54 Å². The number of rotatable bonds is 7. The Morgan fingerprint density at radius 3 is 2.95 bits per heavy atom. The molecule has 110 valence electrons. The summed E-state index contributed by atoms with van der Waals surface area (Å²) >= 11 is 0. The molecule has 1 N–H and O–H groups in total. The van der Waals surface area contributed by atoms with E-state index >= 15 is 0 Å². The highest BCUT2D eigenvalue weighted by atomic mass is 16.3. The molecule has 21 heavy (non-hydrogen) atoms. The van der Waals surface area contributed by atoms with Gasteiger partial charge >= 0.3 is 0 Å². The van der Waals surface area contributed by atoms with Crippen LogP contribution in [0.3, 0.4) is 0 Å². The summed E-state index contributed by atoms with van der Waals surface area (Å²) in [5.41, 5.74) is 2.27. The van der Waals surface area contributed by atoms with Crippen LogP contribution in [0.25, 0.3) is 11.0 Å². The van der Waals surface area contributed by atoms with E-state index in [9.17, 15) is 0 Å². The maximum Gasteiger partial charge on any atom is 0.120 e. The average Bonchev–Trinajstić information content (AvgIpc) is 3.17. The molecule has 3 rings (SSSR count). The molecule has 1 atom stereocenters. The van der Waals surface area contributed by atoms with E-state index in [1.54, 1.807) is 6.26 Å². The van der Waals surface area contributed by atoms with Crippen molar-refractivity contribution in [2.45, 2.75) is 32.4 Å². The third-order valence-corrected chi connectivity index (χ3v) is 3.79. The van der Waals surface area contributed by atoms with Crippen molar-refractivity contribution in [1.29, 1.82) is 0 Å². The van der Waals surface area contributed by atoms with Gasteiger partial charge in [-0.15, -0.1) is 0 Å². The quantitative estimate of drug-likeness (QED) is 0.671. The fourth-order valence-electron chi connectivity index (χ4n) is 2.65. The van der Waals surface area contributed by atoms with Crippen molar-refractivity contribution in [3.63, 3.8) is 0 Å². The summed E-state index contributed by atoms with van der Waals surface area (Å²) in [5, 5.41) is 3.55. The van der Waals surface area contributed by atoms with Gasteiger partial charge in [-0.3, -0.25) is 0 Å².